The Morgan fingerprint density at radius 3 is 2.47 bits per heavy atom. The fourth-order valence-corrected chi connectivity index (χ4v) is 4.66. The smallest absolute Gasteiger partial charge is 0.333 e. The predicted molar refractivity (Wildman–Crippen MR) is 127 cm³/mol. The van der Waals surface area contributed by atoms with Gasteiger partial charge < -0.3 is 29.2 Å². The molecule has 0 bridgehead atoms. The number of hydrogen-bond acceptors (Lipinski definition) is 10. The van der Waals surface area contributed by atoms with Crippen LogP contribution in [0.3, 0.4) is 0 Å². The van der Waals surface area contributed by atoms with Crippen LogP contribution in [0.4, 0.5) is 0 Å². The Bertz CT molecular complexity index is 863. The number of carbonyl (C=O) groups excluding carboxylic acids is 4. The van der Waals surface area contributed by atoms with Crippen LogP contribution in [0.25, 0.3) is 0 Å². The fourth-order valence-electron chi connectivity index (χ4n) is 4.66. The number of ketones is 1. The van der Waals surface area contributed by atoms with Crippen LogP contribution >= 0.6 is 0 Å². The van der Waals surface area contributed by atoms with Crippen LogP contribution in [-0.4, -0.2) is 77.6 Å². The number of Topliss-reactive ketones (excluding diaryl/α,β-unsaturated/α-hetero) is 1. The van der Waals surface area contributed by atoms with Crippen LogP contribution in [0.5, 0.6) is 0 Å². The number of methoxy groups -OCH3 is 1. The van der Waals surface area contributed by atoms with Crippen LogP contribution < -0.4 is 0 Å². The van der Waals surface area contributed by atoms with E-state index in [2.05, 4.69) is 0 Å². The lowest BCUT2D eigenvalue weighted by Crippen LogP contribution is -2.60. The molecule has 10 heteroatoms. The van der Waals surface area contributed by atoms with Crippen LogP contribution in [0.2, 0.25) is 0 Å². The maximum Gasteiger partial charge on any atom is 0.333 e. The molecule has 1 saturated heterocycles. The van der Waals surface area contributed by atoms with E-state index in [1.165, 1.54) is 14.0 Å². The number of fused-ring (bicyclic) bond motifs is 1. The molecule has 0 spiro atoms. The zero-order valence-corrected chi connectivity index (χ0v) is 22.2. The normalized spacial score (nSPS) is 36.5. The number of hydrogen-bond donors (Lipinski definition) is 2. The fraction of sp³-hybridized carbons (Fsp3) is 0.769. The molecule has 9 atom stereocenters. The van der Waals surface area contributed by atoms with Crippen molar-refractivity contribution in [1.29, 1.82) is 0 Å². The number of ether oxygens (including phenoxy) is 4. The molecular formula is C26H40O10. The van der Waals surface area contributed by atoms with E-state index in [-0.39, 0.29) is 19.4 Å². The SMILES string of the molecule is C/C=C(/C)C(=O)O[C@H]1[C@@H](O)[C@@H]2[C@H](OC(=O)[C@H]2COC)[C@@H](OC(=O)C(C)CC)[C@@](C)(O)C(=O)CC[C@H]1C. The van der Waals surface area contributed by atoms with Gasteiger partial charge in [0.25, 0.3) is 0 Å². The summed E-state index contributed by atoms with van der Waals surface area (Å²) < 4.78 is 22.1. The van der Waals surface area contributed by atoms with Crippen LogP contribution in [-0.2, 0) is 38.1 Å². The molecule has 2 N–H and O–H groups in total. The average molecular weight is 513 g/mol. The molecular weight excluding hydrogens is 472 g/mol. The van der Waals surface area contributed by atoms with Crippen molar-refractivity contribution in [2.24, 2.45) is 23.7 Å². The summed E-state index contributed by atoms with van der Waals surface area (Å²) in [5, 5.41) is 22.9. The minimum Gasteiger partial charge on any atom is -0.458 e. The maximum absolute atomic E-state index is 13.2. The lowest BCUT2D eigenvalue weighted by molar-refractivity contribution is -0.199. The molecule has 36 heavy (non-hydrogen) atoms. The molecule has 1 heterocycles. The zero-order valence-electron chi connectivity index (χ0n) is 22.2. The lowest BCUT2D eigenvalue weighted by Gasteiger charge is -2.41. The molecule has 204 valence electrons. The first-order valence-electron chi connectivity index (χ1n) is 12.5. The molecule has 1 aliphatic heterocycles. The largest absolute Gasteiger partial charge is 0.458 e. The molecule has 0 aromatic heterocycles. The average Bonchev–Trinajstić information content (AvgIpc) is 3.16. The molecule has 2 fully saturated rings. The first-order valence-corrected chi connectivity index (χ1v) is 12.5. The van der Waals surface area contributed by atoms with Crippen molar-refractivity contribution < 1.29 is 48.3 Å². The Morgan fingerprint density at radius 2 is 1.92 bits per heavy atom. The van der Waals surface area contributed by atoms with Crippen LogP contribution in [0.1, 0.15) is 60.8 Å². The Balaban J connectivity index is 2.63. The van der Waals surface area contributed by atoms with Gasteiger partial charge in [-0.2, -0.15) is 0 Å². The Hall–Kier alpha value is -2.30. The first kappa shape index (κ1) is 29.9. The van der Waals surface area contributed by atoms with Crippen molar-refractivity contribution in [2.75, 3.05) is 13.7 Å². The summed E-state index contributed by atoms with van der Waals surface area (Å²) in [5.41, 5.74) is -1.87. The summed E-state index contributed by atoms with van der Waals surface area (Å²) in [6.45, 7) is 9.48. The van der Waals surface area contributed by atoms with E-state index in [0.717, 1.165) is 0 Å². The van der Waals surface area contributed by atoms with E-state index >= 15 is 0 Å². The molecule has 0 aromatic carbocycles. The molecule has 0 aromatic rings. The molecule has 0 radical (unpaired) electrons. The number of esters is 3. The van der Waals surface area contributed by atoms with E-state index in [4.69, 9.17) is 18.9 Å². The first-order chi connectivity index (χ1) is 16.8. The van der Waals surface area contributed by atoms with Gasteiger partial charge >= 0.3 is 17.9 Å². The van der Waals surface area contributed by atoms with Gasteiger partial charge in [0.05, 0.1) is 24.5 Å². The van der Waals surface area contributed by atoms with Crippen molar-refractivity contribution in [3.63, 3.8) is 0 Å². The van der Waals surface area contributed by atoms with Gasteiger partial charge in [0.2, 0.25) is 0 Å². The highest BCUT2D eigenvalue weighted by Crippen LogP contribution is 2.42. The van der Waals surface area contributed by atoms with Crippen molar-refractivity contribution in [3.05, 3.63) is 11.6 Å². The van der Waals surface area contributed by atoms with Crippen LogP contribution in [0.15, 0.2) is 11.6 Å². The molecule has 1 aliphatic carbocycles. The molecule has 0 amide bonds. The molecule has 2 rings (SSSR count). The standard InChI is InChI=1S/C26H40O10/c1-8-13(3)23(29)34-20-15(5)10-11-17(27)26(6,32)22(36-24(30)14(4)9-2)21-18(19(20)28)16(12-33-7)25(31)35-21/h8,14-16,18-22,28,32H,9-12H2,1-7H3/b13-8-/t14?,15-,16+,18-,19+,20-,21+,22-,26+/m1/s1. The quantitative estimate of drug-likeness (QED) is 0.294. The second-order valence-corrected chi connectivity index (χ2v) is 10.1. The number of rotatable bonds is 7. The van der Waals surface area contributed by atoms with E-state index in [1.807, 2.05) is 0 Å². The highest BCUT2D eigenvalue weighted by molar-refractivity contribution is 5.89. The van der Waals surface area contributed by atoms with E-state index in [1.54, 1.807) is 40.7 Å². The van der Waals surface area contributed by atoms with Gasteiger partial charge in [-0.25, -0.2) is 4.79 Å². The Labute approximate surface area is 212 Å². The molecule has 1 saturated carbocycles. The zero-order chi connectivity index (χ0) is 27.4. The van der Waals surface area contributed by atoms with Crippen molar-refractivity contribution >= 4 is 23.7 Å². The molecule has 10 nitrogen and oxygen atoms in total. The van der Waals surface area contributed by atoms with Gasteiger partial charge in [-0.05, 0) is 39.5 Å². The second-order valence-electron chi connectivity index (χ2n) is 10.1. The predicted octanol–water partition coefficient (Wildman–Crippen LogP) is 1.74. The maximum atomic E-state index is 13.2. The van der Waals surface area contributed by atoms with E-state index < -0.39 is 77.4 Å². The number of aliphatic hydroxyl groups excluding tert-OH is 1. The third-order valence-electron chi connectivity index (χ3n) is 7.54. The van der Waals surface area contributed by atoms with Crippen molar-refractivity contribution in [1.82, 2.24) is 0 Å². The van der Waals surface area contributed by atoms with Gasteiger partial charge in [-0.3, -0.25) is 14.4 Å². The van der Waals surface area contributed by atoms with Gasteiger partial charge in [0.1, 0.15) is 12.2 Å². The third kappa shape index (κ3) is 6.15. The summed E-state index contributed by atoms with van der Waals surface area (Å²) in [5.74, 6) is -5.84. The Morgan fingerprint density at radius 1 is 1.28 bits per heavy atom. The number of aliphatic hydroxyl groups is 2. The second kappa shape index (κ2) is 12.3. The van der Waals surface area contributed by atoms with Crippen molar-refractivity contribution in [2.45, 2.75) is 90.8 Å². The topological polar surface area (TPSA) is 146 Å². The van der Waals surface area contributed by atoms with Crippen molar-refractivity contribution in [3.8, 4) is 0 Å². The summed E-state index contributed by atoms with van der Waals surface area (Å²) in [6, 6.07) is 0. The number of allylic oxidation sites excluding steroid dienone is 1. The molecule has 1 unspecified atom stereocenters. The Kier molecular flexibility index (Phi) is 10.2. The van der Waals surface area contributed by atoms with Gasteiger partial charge in [-0.15, -0.1) is 0 Å². The van der Waals surface area contributed by atoms with E-state index in [9.17, 15) is 29.4 Å². The summed E-state index contributed by atoms with van der Waals surface area (Å²) in [7, 11) is 1.38. The summed E-state index contributed by atoms with van der Waals surface area (Å²) >= 11 is 0. The minimum absolute atomic E-state index is 0.137. The highest BCUT2D eigenvalue weighted by Gasteiger charge is 2.60. The van der Waals surface area contributed by atoms with Crippen LogP contribution in [0, 0.1) is 23.7 Å². The monoisotopic (exact) mass is 512 g/mol. The highest BCUT2D eigenvalue weighted by atomic mass is 16.6. The van der Waals surface area contributed by atoms with E-state index in [0.29, 0.717) is 12.0 Å². The molecule has 2 aliphatic rings. The van der Waals surface area contributed by atoms with Gasteiger partial charge in [-0.1, -0.05) is 26.8 Å². The van der Waals surface area contributed by atoms with Gasteiger partial charge in [0, 0.05) is 25.0 Å². The third-order valence-corrected chi connectivity index (χ3v) is 7.54. The number of carbonyl (C=O) groups is 4. The summed E-state index contributed by atoms with van der Waals surface area (Å²) in [4.78, 5) is 51.5. The summed E-state index contributed by atoms with van der Waals surface area (Å²) in [6.07, 6.45) is -3.45. The minimum atomic E-state index is -2.20. The lowest BCUT2D eigenvalue weighted by atomic mass is 9.73. The van der Waals surface area contributed by atoms with Gasteiger partial charge in [0.15, 0.2) is 17.5 Å².